The normalized spacial score (nSPS) is 13.1. The van der Waals surface area contributed by atoms with Crippen LogP contribution in [-0.2, 0) is 9.47 Å². The van der Waals surface area contributed by atoms with Crippen molar-refractivity contribution in [3.05, 3.63) is 96.1 Å². The molecule has 172 valence electrons. The lowest BCUT2D eigenvalue weighted by Crippen LogP contribution is -2.36. The summed E-state index contributed by atoms with van der Waals surface area (Å²) in [5.74, 6) is -1.13. The molecule has 0 amide bonds. The molecule has 1 unspecified atom stereocenters. The van der Waals surface area contributed by atoms with Gasteiger partial charge in [-0.1, -0.05) is 60.7 Å². The molecule has 0 radical (unpaired) electrons. The zero-order valence-electron chi connectivity index (χ0n) is 18.8. The van der Waals surface area contributed by atoms with Gasteiger partial charge in [0.15, 0.2) is 0 Å². The fourth-order valence-electron chi connectivity index (χ4n) is 3.68. The molecule has 4 rings (SSSR count). The second kappa shape index (κ2) is 10.7. The highest BCUT2D eigenvalue weighted by molar-refractivity contribution is 5.96. The first-order valence-electron chi connectivity index (χ1n) is 11.0. The number of carbonyl (C=O) groups is 2. The first-order valence-corrected chi connectivity index (χ1v) is 11.0. The number of rotatable bonds is 8. The lowest BCUT2D eigenvalue weighted by Gasteiger charge is -2.22. The number of esters is 2. The molecule has 1 N–H and O–H groups in total. The average molecular weight is 456 g/mol. The number of aliphatic imine (C=N–C) groups is 1. The van der Waals surface area contributed by atoms with Gasteiger partial charge in [0, 0.05) is 19.7 Å². The van der Waals surface area contributed by atoms with Crippen LogP contribution >= 0.6 is 0 Å². The molecule has 4 aromatic carbocycles. The van der Waals surface area contributed by atoms with Gasteiger partial charge in [0.2, 0.25) is 0 Å². The second-order valence-electron chi connectivity index (χ2n) is 7.91. The Balaban J connectivity index is 1.42. The molecule has 0 aromatic heterocycles. The SMILES string of the molecule is CN=CCC(OC(=O)c1ccc2ccccc2c1)[C@@H](O)COC(=O)c1ccc2ccccc2c1. The zero-order valence-corrected chi connectivity index (χ0v) is 18.8. The van der Waals surface area contributed by atoms with Crippen molar-refractivity contribution in [2.24, 2.45) is 4.99 Å². The van der Waals surface area contributed by atoms with Gasteiger partial charge >= 0.3 is 11.9 Å². The third kappa shape index (κ3) is 5.47. The van der Waals surface area contributed by atoms with Crippen molar-refractivity contribution in [2.75, 3.05) is 13.7 Å². The Morgan fingerprint density at radius 2 is 1.35 bits per heavy atom. The summed E-state index contributed by atoms with van der Waals surface area (Å²) < 4.78 is 10.9. The van der Waals surface area contributed by atoms with E-state index in [1.807, 2.05) is 60.7 Å². The molecular formula is C28H25NO5. The highest BCUT2D eigenvalue weighted by atomic mass is 16.6. The Kier molecular flexibility index (Phi) is 7.30. The summed E-state index contributed by atoms with van der Waals surface area (Å²) in [5.41, 5.74) is 0.753. The Morgan fingerprint density at radius 3 is 1.91 bits per heavy atom. The maximum atomic E-state index is 12.8. The molecule has 0 aliphatic heterocycles. The number of aliphatic hydroxyl groups is 1. The van der Waals surface area contributed by atoms with E-state index in [0.717, 1.165) is 21.5 Å². The minimum absolute atomic E-state index is 0.185. The lowest BCUT2D eigenvalue weighted by atomic mass is 10.1. The molecule has 0 spiro atoms. The maximum absolute atomic E-state index is 12.8. The Morgan fingerprint density at radius 1 is 0.824 bits per heavy atom. The van der Waals surface area contributed by atoms with Gasteiger partial charge in [-0.25, -0.2) is 9.59 Å². The first kappa shape index (κ1) is 23.1. The summed E-state index contributed by atoms with van der Waals surface area (Å²) in [6.45, 7) is -0.321. The van der Waals surface area contributed by atoms with Gasteiger partial charge in [-0.05, 0) is 45.8 Å². The summed E-state index contributed by atoms with van der Waals surface area (Å²) in [7, 11) is 1.59. The molecule has 0 fully saturated rings. The third-order valence-electron chi connectivity index (χ3n) is 5.56. The van der Waals surface area contributed by atoms with Crippen molar-refractivity contribution < 1.29 is 24.2 Å². The van der Waals surface area contributed by atoms with E-state index in [1.165, 1.54) is 0 Å². The number of ether oxygens (including phenoxy) is 2. The van der Waals surface area contributed by atoms with Gasteiger partial charge in [-0.15, -0.1) is 0 Å². The molecule has 6 heteroatoms. The van der Waals surface area contributed by atoms with Crippen LogP contribution in [0.2, 0.25) is 0 Å². The molecule has 0 saturated carbocycles. The highest BCUT2D eigenvalue weighted by Gasteiger charge is 2.25. The molecule has 0 bridgehead atoms. The van der Waals surface area contributed by atoms with Gasteiger partial charge in [0.05, 0.1) is 11.1 Å². The van der Waals surface area contributed by atoms with Crippen LogP contribution in [-0.4, -0.2) is 49.1 Å². The van der Waals surface area contributed by atoms with E-state index in [-0.39, 0.29) is 13.0 Å². The molecule has 0 aliphatic rings. The number of hydrogen-bond donors (Lipinski definition) is 1. The van der Waals surface area contributed by atoms with Crippen molar-refractivity contribution in [1.82, 2.24) is 0 Å². The summed E-state index contributed by atoms with van der Waals surface area (Å²) in [6, 6.07) is 25.9. The molecule has 0 aliphatic carbocycles. The summed E-state index contributed by atoms with van der Waals surface area (Å²) in [5, 5.41) is 14.5. The standard InChI is InChI=1S/C28H25NO5/c1-29-15-14-26(34-28(32)24-13-11-20-7-3-5-9-22(20)17-24)25(30)18-33-27(31)23-12-10-19-6-2-4-8-21(19)16-23/h2-13,15-17,25-26,30H,14,18H2,1H3/t25-,26?/m0/s1. The third-order valence-corrected chi connectivity index (χ3v) is 5.56. The summed E-state index contributed by atoms with van der Waals surface area (Å²) in [4.78, 5) is 29.2. The molecular weight excluding hydrogens is 430 g/mol. The number of hydrogen-bond acceptors (Lipinski definition) is 6. The monoisotopic (exact) mass is 455 g/mol. The average Bonchev–Trinajstić information content (AvgIpc) is 2.88. The predicted molar refractivity (Wildman–Crippen MR) is 132 cm³/mol. The van der Waals surface area contributed by atoms with Crippen LogP contribution in [0.5, 0.6) is 0 Å². The fourth-order valence-corrected chi connectivity index (χ4v) is 3.68. The quantitative estimate of drug-likeness (QED) is 0.304. The molecule has 6 nitrogen and oxygen atoms in total. The first-order chi connectivity index (χ1) is 16.5. The van der Waals surface area contributed by atoms with Crippen LogP contribution in [0.15, 0.2) is 89.9 Å². The Labute approximate surface area is 197 Å². The van der Waals surface area contributed by atoms with Crippen LogP contribution in [0.4, 0.5) is 0 Å². The molecule has 4 aromatic rings. The van der Waals surface area contributed by atoms with Gasteiger partial charge < -0.3 is 19.6 Å². The summed E-state index contributed by atoms with van der Waals surface area (Å²) in [6.07, 6.45) is -0.407. The van der Waals surface area contributed by atoms with Crippen molar-refractivity contribution in [3.63, 3.8) is 0 Å². The maximum Gasteiger partial charge on any atom is 0.338 e. The van der Waals surface area contributed by atoms with Gasteiger partial charge in [-0.3, -0.25) is 0 Å². The molecule has 34 heavy (non-hydrogen) atoms. The molecule has 2 atom stereocenters. The second-order valence-corrected chi connectivity index (χ2v) is 7.91. The van der Waals surface area contributed by atoms with E-state index >= 15 is 0 Å². The Hall–Kier alpha value is -4.03. The highest BCUT2D eigenvalue weighted by Crippen LogP contribution is 2.19. The van der Waals surface area contributed by atoms with Crippen LogP contribution < -0.4 is 0 Å². The summed E-state index contributed by atoms with van der Waals surface area (Å²) >= 11 is 0. The van der Waals surface area contributed by atoms with Gasteiger partial charge in [-0.2, -0.15) is 0 Å². The van der Waals surface area contributed by atoms with Crippen molar-refractivity contribution >= 4 is 39.7 Å². The predicted octanol–water partition coefficient (Wildman–Crippen LogP) is 4.83. The zero-order chi connectivity index (χ0) is 23.9. The Bertz CT molecular complexity index is 1350. The molecule has 0 saturated heterocycles. The lowest BCUT2D eigenvalue weighted by molar-refractivity contribution is -0.0406. The van der Waals surface area contributed by atoms with Crippen LogP contribution in [0.3, 0.4) is 0 Å². The minimum Gasteiger partial charge on any atom is -0.459 e. The van der Waals surface area contributed by atoms with Crippen LogP contribution in [0.1, 0.15) is 27.1 Å². The number of fused-ring (bicyclic) bond motifs is 2. The van der Waals surface area contributed by atoms with E-state index in [1.54, 1.807) is 37.5 Å². The van der Waals surface area contributed by atoms with E-state index in [4.69, 9.17) is 9.47 Å². The smallest absolute Gasteiger partial charge is 0.338 e. The number of aliphatic hydroxyl groups excluding tert-OH is 1. The van der Waals surface area contributed by atoms with Gasteiger partial charge in [0.1, 0.15) is 18.8 Å². The van der Waals surface area contributed by atoms with E-state index in [0.29, 0.717) is 11.1 Å². The fraction of sp³-hybridized carbons (Fsp3) is 0.179. The van der Waals surface area contributed by atoms with E-state index < -0.39 is 24.1 Å². The van der Waals surface area contributed by atoms with Crippen molar-refractivity contribution in [1.29, 1.82) is 0 Å². The van der Waals surface area contributed by atoms with Crippen molar-refractivity contribution in [3.8, 4) is 0 Å². The number of carbonyl (C=O) groups excluding carboxylic acids is 2. The van der Waals surface area contributed by atoms with E-state index in [9.17, 15) is 14.7 Å². The number of benzene rings is 4. The van der Waals surface area contributed by atoms with Crippen LogP contribution in [0, 0.1) is 0 Å². The minimum atomic E-state index is -1.22. The van der Waals surface area contributed by atoms with Crippen molar-refractivity contribution in [2.45, 2.75) is 18.6 Å². The topological polar surface area (TPSA) is 85.2 Å². The number of nitrogens with zero attached hydrogens (tertiary/aromatic N) is 1. The molecule has 0 heterocycles. The largest absolute Gasteiger partial charge is 0.459 e. The van der Waals surface area contributed by atoms with E-state index in [2.05, 4.69) is 4.99 Å². The van der Waals surface area contributed by atoms with Gasteiger partial charge in [0.25, 0.3) is 0 Å². The van der Waals surface area contributed by atoms with Crippen LogP contribution in [0.25, 0.3) is 21.5 Å².